The average Bonchev–Trinajstić information content (AvgIpc) is 3.08. The largest absolute Gasteiger partial charge is 0.463 e. The van der Waals surface area contributed by atoms with Gasteiger partial charge in [0.1, 0.15) is 6.61 Å². The van der Waals surface area contributed by atoms with Crippen LogP contribution in [-0.2, 0) is 61.6 Å². The molecule has 0 N–H and O–H groups in total. The van der Waals surface area contributed by atoms with Crippen LogP contribution in [0.15, 0.2) is 0 Å². The van der Waals surface area contributed by atoms with Crippen LogP contribution in [0, 0.1) is 0 Å². The number of rotatable bonds is 42. The zero-order valence-corrected chi connectivity index (χ0v) is 29.9. The highest BCUT2D eigenvalue weighted by molar-refractivity contribution is 6.17. The molecule has 0 saturated carbocycles. The van der Waals surface area contributed by atoms with Gasteiger partial charge >= 0.3 is 5.97 Å². The van der Waals surface area contributed by atoms with Crippen LogP contribution in [0.25, 0.3) is 0 Å². The zero-order valence-electron chi connectivity index (χ0n) is 29.1. The summed E-state index contributed by atoms with van der Waals surface area (Å²) >= 11 is 5.51. The van der Waals surface area contributed by atoms with Gasteiger partial charge < -0.3 is 56.8 Å². The molecule has 0 amide bonds. The van der Waals surface area contributed by atoms with Crippen molar-refractivity contribution in [3.05, 3.63) is 0 Å². The third-order valence-corrected chi connectivity index (χ3v) is 6.32. The van der Waals surface area contributed by atoms with Gasteiger partial charge in [-0.3, -0.25) is 4.79 Å². The fraction of sp³-hybridized carbons (Fsp3) is 0.970. The molecule has 0 spiro atoms. The Kier molecular flexibility index (Phi) is 42.7. The predicted molar refractivity (Wildman–Crippen MR) is 179 cm³/mol. The number of halogens is 1. The molecule has 0 saturated heterocycles. The van der Waals surface area contributed by atoms with E-state index in [1.807, 2.05) is 0 Å². The summed E-state index contributed by atoms with van der Waals surface area (Å²) in [5, 5.41) is 0. The first-order valence-electron chi connectivity index (χ1n) is 17.4. The van der Waals surface area contributed by atoms with E-state index in [4.69, 9.17) is 68.4 Å². The molecule has 0 bridgehead atoms. The van der Waals surface area contributed by atoms with E-state index in [0.29, 0.717) is 158 Å². The lowest BCUT2D eigenvalue weighted by molar-refractivity contribution is -0.145. The van der Waals surface area contributed by atoms with E-state index < -0.39 is 0 Å². The van der Waals surface area contributed by atoms with Crippen LogP contribution in [0.4, 0.5) is 0 Å². The maximum Gasteiger partial charge on any atom is 0.305 e. The Bertz CT molecular complexity index is 593. The van der Waals surface area contributed by atoms with Crippen LogP contribution < -0.4 is 0 Å². The van der Waals surface area contributed by atoms with Crippen LogP contribution in [0.2, 0.25) is 0 Å². The summed E-state index contributed by atoms with van der Waals surface area (Å²) in [6, 6.07) is 0. The van der Waals surface area contributed by atoms with Crippen molar-refractivity contribution in [3.8, 4) is 0 Å². The monoisotopic (exact) mass is 704 g/mol. The quantitative estimate of drug-likeness (QED) is 0.0521. The molecule has 0 rings (SSSR count). The maximum absolute atomic E-state index is 11.7. The van der Waals surface area contributed by atoms with Crippen molar-refractivity contribution < 1.29 is 61.6 Å². The van der Waals surface area contributed by atoms with Gasteiger partial charge in [-0.05, 0) is 6.42 Å². The second kappa shape index (κ2) is 43.3. The van der Waals surface area contributed by atoms with Gasteiger partial charge in [0, 0.05) is 12.3 Å². The first-order chi connectivity index (χ1) is 23.3. The van der Waals surface area contributed by atoms with Crippen LogP contribution in [0.3, 0.4) is 0 Å². The van der Waals surface area contributed by atoms with Gasteiger partial charge in [-0.2, -0.15) is 0 Å². The Labute approximate surface area is 288 Å². The minimum Gasteiger partial charge on any atom is -0.463 e. The van der Waals surface area contributed by atoms with E-state index in [1.54, 1.807) is 0 Å². The molecule has 0 heterocycles. The third-order valence-electron chi connectivity index (χ3n) is 6.17. The normalized spacial score (nSPS) is 11.4. The number of carbonyl (C=O) groups excluding carboxylic acids is 1. The molecule has 0 radical (unpaired) electrons. The summed E-state index contributed by atoms with van der Waals surface area (Å²) in [5.41, 5.74) is 0. The molecule has 0 atom stereocenters. The van der Waals surface area contributed by atoms with E-state index in [1.165, 1.54) is 25.7 Å². The summed E-state index contributed by atoms with van der Waals surface area (Å²) in [6.45, 7) is 13.5. The first kappa shape index (κ1) is 46.3. The number of carbonyl (C=O) groups is 1. The fourth-order valence-corrected chi connectivity index (χ4v) is 3.80. The first-order valence-corrected chi connectivity index (χ1v) is 17.9. The van der Waals surface area contributed by atoms with Gasteiger partial charge in [0.25, 0.3) is 0 Å². The van der Waals surface area contributed by atoms with E-state index in [2.05, 4.69) is 6.92 Å². The molecule has 0 aromatic carbocycles. The van der Waals surface area contributed by atoms with Crippen molar-refractivity contribution in [2.24, 2.45) is 0 Å². The Morgan fingerprint density at radius 2 is 0.617 bits per heavy atom. The van der Waals surface area contributed by atoms with E-state index in [9.17, 15) is 4.79 Å². The average molecular weight is 705 g/mol. The number of esters is 1. The number of unbranched alkanes of at least 4 members (excludes halogenated alkanes) is 5. The highest BCUT2D eigenvalue weighted by atomic mass is 35.5. The lowest BCUT2D eigenvalue weighted by Gasteiger charge is -2.09. The Morgan fingerprint density at radius 1 is 0.362 bits per heavy atom. The Morgan fingerprint density at radius 3 is 0.915 bits per heavy atom. The fourth-order valence-electron chi connectivity index (χ4n) is 3.69. The number of alkyl halides is 1. The molecule has 47 heavy (non-hydrogen) atoms. The number of hydrogen-bond donors (Lipinski definition) is 0. The van der Waals surface area contributed by atoms with Gasteiger partial charge in [-0.25, -0.2) is 0 Å². The summed E-state index contributed by atoms with van der Waals surface area (Å²) in [5.74, 6) is 0.351. The minimum absolute atomic E-state index is 0.144. The molecule has 0 aromatic heterocycles. The van der Waals surface area contributed by atoms with Crippen LogP contribution >= 0.6 is 11.6 Å². The second-order valence-corrected chi connectivity index (χ2v) is 10.5. The molecule has 0 aromatic rings. The minimum atomic E-state index is -0.144. The van der Waals surface area contributed by atoms with Crippen molar-refractivity contribution >= 4 is 17.6 Å². The lowest BCUT2D eigenvalue weighted by atomic mass is 10.1. The van der Waals surface area contributed by atoms with Crippen LogP contribution in [0.5, 0.6) is 0 Å². The van der Waals surface area contributed by atoms with Gasteiger partial charge in [0.15, 0.2) is 0 Å². The van der Waals surface area contributed by atoms with E-state index >= 15 is 0 Å². The zero-order chi connectivity index (χ0) is 34.0. The van der Waals surface area contributed by atoms with Crippen LogP contribution in [-0.4, -0.2) is 164 Å². The van der Waals surface area contributed by atoms with Crippen molar-refractivity contribution in [2.45, 2.75) is 51.9 Å². The third kappa shape index (κ3) is 43.3. The molecule has 0 unspecified atom stereocenters. The molecular formula is C33H65ClO13. The highest BCUT2D eigenvalue weighted by Gasteiger charge is 2.02. The molecule has 14 heteroatoms. The second-order valence-electron chi connectivity index (χ2n) is 10.2. The standard InChI is InChI=1S/C33H65ClO13/c1-2-3-4-5-6-7-8-33(35)47-32-31-46-30-29-45-28-27-44-26-25-43-24-23-42-22-21-41-20-19-40-18-17-39-16-15-38-14-13-37-12-11-36-10-9-34/h2-32H2,1H3. The molecular weight excluding hydrogens is 640 g/mol. The maximum atomic E-state index is 11.7. The Balaban J connectivity index is 3.09. The Hall–Kier alpha value is -0.680. The van der Waals surface area contributed by atoms with Crippen molar-refractivity contribution in [3.63, 3.8) is 0 Å². The molecule has 0 aliphatic carbocycles. The van der Waals surface area contributed by atoms with Crippen molar-refractivity contribution in [1.82, 2.24) is 0 Å². The van der Waals surface area contributed by atoms with Crippen molar-refractivity contribution in [1.29, 1.82) is 0 Å². The smallest absolute Gasteiger partial charge is 0.305 e. The summed E-state index contributed by atoms with van der Waals surface area (Å²) in [6.07, 6.45) is 7.42. The molecule has 282 valence electrons. The topological polar surface area (TPSA) is 128 Å². The summed E-state index contributed by atoms with van der Waals surface area (Å²) < 4.78 is 64.8. The van der Waals surface area contributed by atoms with E-state index in [0.717, 1.165) is 12.8 Å². The van der Waals surface area contributed by atoms with Crippen LogP contribution in [0.1, 0.15) is 51.9 Å². The molecule has 0 aliphatic rings. The van der Waals surface area contributed by atoms with Gasteiger partial charge in [0.05, 0.1) is 145 Å². The highest BCUT2D eigenvalue weighted by Crippen LogP contribution is 2.07. The number of hydrogen-bond acceptors (Lipinski definition) is 13. The molecule has 13 nitrogen and oxygen atoms in total. The SMILES string of the molecule is CCCCCCCCC(=O)OCCOCCOCCOCCOCCOCCOCCOCCOCCOCCOCCOCCCl. The van der Waals surface area contributed by atoms with Gasteiger partial charge in [-0.1, -0.05) is 39.0 Å². The predicted octanol–water partition coefficient (Wildman–Crippen LogP) is 3.70. The van der Waals surface area contributed by atoms with E-state index in [-0.39, 0.29) is 12.6 Å². The number of ether oxygens (including phenoxy) is 12. The molecule has 0 aliphatic heterocycles. The molecule has 0 fully saturated rings. The van der Waals surface area contributed by atoms with Crippen molar-refractivity contribution in [2.75, 3.05) is 158 Å². The summed E-state index contributed by atoms with van der Waals surface area (Å²) in [4.78, 5) is 11.7. The van der Waals surface area contributed by atoms with Gasteiger partial charge in [0.2, 0.25) is 0 Å². The lowest BCUT2D eigenvalue weighted by Crippen LogP contribution is -2.15. The summed E-state index contributed by atoms with van der Waals surface area (Å²) in [7, 11) is 0. The van der Waals surface area contributed by atoms with Gasteiger partial charge in [-0.15, -0.1) is 11.6 Å².